The molecule has 0 saturated carbocycles. The van der Waals surface area contributed by atoms with Gasteiger partial charge < -0.3 is 20.8 Å². The summed E-state index contributed by atoms with van der Waals surface area (Å²) in [6.45, 7) is 0. The van der Waals surface area contributed by atoms with Crippen molar-refractivity contribution in [2.45, 2.75) is 25.3 Å². The van der Waals surface area contributed by atoms with Crippen molar-refractivity contribution in [2.75, 3.05) is 0 Å². The zero-order valence-corrected chi connectivity index (χ0v) is 12.6. The Labute approximate surface area is 127 Å². The van der Waals surface area contributed by atoms with Crippen molar-refractivity contribution in [3.05, 3.63) is 42.9 Å². The van der Waals surface area contributed by atoms with Gasteiger partial charge in [0, 0.05) is 4.47 Å². The molecule has 1 aromatic carbocycles. The smallest absolute Gasteiger partial charge is 0.320 e. The number of H-pyrrole nitrogens is 2. The van der Waals surface area contributed by atoms with Crippen LogP contribution in [0.3, 0.4) is 0 Å². The van der Waals surface area contributed by atoms with Crippen LogP contribution in [0.5, 0.6) is 0 Å². The molecular formula is C13H14BrN3O4. The number of carbonyl (C=O) groups is 1. The molecule has 0 fully saturated rings. The van der Waals surface area contributed by atoms with E-state index in [4.69, 9.17) is 10.8 Å². The second-order valence-electron chi connectivity index (χ2n) is 4.73. The summed E-state index contributed by atoms with van der Waals surface area (Å²) in [7, 11) is 0. The number of aliphatic carboxylic acids is 1. The van der Waals surface area contributed by atoms with Gasteiger partial charge in [-0.15, -0.1) is 0 Å². The first-order valence-electron chi connectivity index (χ1n) is 6.31. The first-order chi connectivity index (χ1) is 9.88. The number of fused-ring (bicyclic) bond motifs is 1. The molecule has 0 saturated heterocycles. The summed E-state index contributed by atoms with van der Waals surface area (Å²) in [4.78, 5) is 38.5. The average Bonchev–Trinajstić information content (AvgIpc) is 2.40. The molecule has 21 heavy (non-hydrogen) atoms. The van der Waals surface area contributed by atoms with Crippen LogP contribution in [0.25, 0.3) is 11.0 Å². The standard InChI is InChI=1S/C13H14BrN3O4/c14-7-4-6(2-1-3-8(15)13(20)21)10-9(5-7)16-11(18)12(19)17-10/h4-5,8H,1-3,15H2,(H,16,18)(H,17,19)(H,20,21). The van der Waals surface area contributed by atoms with Crippen LogP contribution in [0.4, 0.5) is 0 Å². The second kappa shape index (κ2) is 6.23. The van der Waals surface area contributed by atoms with Crippen molar-refractivity contribution >= 4 is 32.9 Å². The zero-order chi connectivity index (χ0) is 15.6. The van der Waals surface area contributed by atoms with E-state index in [1.165, 1.54) is 0 Å². The number of aromatic amines is 2. The van der Waals surface area contributed by atoms with E-state index in [0.717, 1.165) is 10.0 Å². The lowest BCUT2D eigenvalue weighted by atomic mass is 10.0. The molecule has 1 aromatic heterocycles. The maximum atomic E-state index is 11.4. The largest absolute Gasteiger partial charge is 0.480 e. The SMILES string of the molecule is NC(CCCc1cc(Br)cc2[nH]c(=O)c(=O)[nH]c12)C(=O)O. The molecule has 1 unspecified atom stereocenters. The molecule has 7 nitrogen and oxygen atoms in total. The zero-order valence-electron chi connectivity index (χ0n) is 11.0. The van der Waals surface area contributed by atoms with Gasteiger partial charge in [0.05, 0.1) is 11.0 Å². The fourth-order valence-electron chi connectivity index (χ4n) is 2.09. The molecule has 0 radical (unpaired) electrons. The highest BCUT2D eigenvalue weighted by Gasteiger charge is 2.12. The minimum Gasteiger partial charge on any atom is -0.480 e. The molecule has 0 aliphatic rings. The third-order valence-corrected chi connectivity index (χ3v) is 3.61. The molecule has 0 spiro atoms. The van der Waals surface area contributed by atoms with Crippen LogP contribution in [0.1, 0.15) is 18.4 Å². The molecule has 0 aliphatic heterocycles. The van der Waals surface area contributed by atoms with Crippen LogP contribution in [0, 0.1) is 0 Å². The summed E-state index contributed by atoms with van der Waals surface area (Å²) in [5.74, 6) is -1.04. The predicted molar refractivity (Wildman–Crippen MR) is 81.4 cm³/mol. The van der Waals surface area contributed by atoms with E-state index in [1.807, 2.05) is 6.07 Å². The maximum absolute atomic E-state index is 11.4. The predicted octanol–water partition coefficient (Wildman–Crippen LogP) is 0.713. The summed E-state index contributed by atoms with van der Waals surface area (Å²) in [6.07, 6.45) is 1.43. The van der Waals surface area contributed by atoms with Gasteiger partial charge in [-0.05, 0) is 37.0 Å². The first kappa shape index (κ1) is 15.5. The number of hydrogen-bond acceptors (Lipinski definition) is 4. The third kappa shape index (κ3) is 3.59. The Balaban J connectivity index is 2.31. The van der Waals surface area contributed by atoms with E-state index in [1.54, 1.807) is 6.07 Å². The van der Waals surface area contributed by atoms with Crippen LogP contribution in [0.15, 0.2) is 26.2 Å². The molecule has 2 rings (SSSR count). The van der Waals surface area contributed by atoms with Crippen LogP contribution in [-0.4, -0.2) is 27.1 Å². The van der Waals surface area contributed by atoms with Crippen molar-refractivity contribution in [1.29, 1.82) is 0 Å². The molecule has 1 heterocycles. The number of carboxylic acid groups (broad SMARTS) is 1. The molecule has 5 N–H and O–H groups in total. The Morgan fingerprint density at radius 1 is 1.29 bits per heavy atom. The molecule has 8 heteroatoms. The highest BCUT2D eigenvalue weighted by Crippen LogP contribution is 2.21. The van der Waals surface area contributed by atoms with Crippen LogP contribution < -0.4 is 16.9 Å². The molecule has 0 amide bonds. The van der Waals surface area contributed by atoms with E-state index in [0.29, 0.717) is 30.3 Å². The highest BCUT2D eigenvalue weighted by molar-refractivity contribution is 9.10. The van der Waals surface area contributed by atoms with Crippen molar-refractivity contribution in [1.82, 2.24) is 9.97 Å². The Morgan fingerprint density at radius 2 is 1.95 bits per heavy atom. The Kier molecular flexibility index (Phi) is 4.59. The number of aromatic nitrogens is 2. The minimum absolute atomic E-state index is 0.330. The summed E-state index contributed by atoms with van der Waals surface area (Å²) < 4.78 is 0.759. The third-order valence-electron chi connectivity index (χ3n) is 3.16. The van der Waals surface area contributed by atoms with Crippen molar-refractivity contribution < 1.29 is 9.90 Å². The fraction of sp³-hybridized carbons (Fsp3) is 0.308. The number of halogens is 1. The summed E-state index contributed by atoms with van der Waals surface area (Å²) in [6, 6.07) is 2.62. The number of rotatable bonds is 5. The second-order valence-corrected chi connectivity index (χ2v) is 5.65. The van der Waals surface area contributed by atoms with Crippen LogP contribution in [0.2, 0.25) is 0 Å². The molecule has 112 valence electrons. The van der Waals surface area contributed by atoms with Gasteiger partial charge in [0.1, 0.15) is 6.04 Å². The quantitative estimate of drug-likeness (QED) is 0.587. The van der Waals surface area contributed by atoms with E-state index >= 15 is 0 Å². The van der Waals surface area contributed by atoms with Gasteiger partial charge in [-0.25, -0.2) is 0 Å². The molecule has 0 aliphatic carbocycles. The normalized spacial score (nSPS) is 12.5. The van der Waals surface area contributed by atoms with Gasteiger partial charge in [-0.3, -0.25) is 14.4 Å². The summed E-state index contributed by atoms with van der Waals surface area (Å²) in [5, 5.41) is 8.74. The highest BCUT2D eigenvalue weighted by atomic mass is 79.9. The summed E-state index contributed by atoms with van der Waals surface area (Å²) >= 11 is 3.34. The van der Waals surface area contributed by atoms with Crippen molar-refractivity contribution in [3.63, 3.8) is 0 Å². The maximum Gasteiger partial charge on any atom is 0.320 e. The monoisotopic (exact) mass is 355 g/mol. The van der Waals surface area contributed by atoms with Crippen LogP contribution >= 0.6 is 15.9 Å². The number of aryl methyl sites for hydroxylation is 1. The van der Waals surface area contributed by atoms with Gasteiger partial charge >= 0.3 is 17.1 Å². The molecule has 1 atom stereocenters. The molecule has 0 bridgehead atoms. The number of benzene rings is 1. The lowest BCUT2D eigenvalue weighted by Gasteiger charge is -2.09. The number of carboxylic acids is 1. The minimum atomic E-state index is -1.04. The molecule has 2 aromatic rings. The van der Waals surface area contributed by atoms with Gasteiger partial charge in [0.25, 0.3) is 0 Å². The Bertz CT molecular complexity index is 796. The van der Waals surface area contributed by atoms with E-state index < -0.39 is 23.1 Å². The van der Waals surface area contributed by atoms with Crippen LogP contribution in [-0.2, 0) is 11.2 Å². The number of hydrogen-bond donors (Lipinski definition) is 4. The topological polar surface area (TPSA) is 129 Å². The van der Waals surface area contributed by atoms with E-state index in [-0.39, 0.29) is 0 Å². The number of nitrogens with two attached hydrogens (primary N) is 1. The van der Waals surface area contributed by atoms with Gasteiger partial charge in [-0.1, -0.05) is 15.9 Å². The van der Waals surface area contributed by atoms with Gasteiger partial charge in [0.15, 0.2) is 0 Å². The fourth-order valence-corrected chi connectivity index (χ4v) is 2.60. The summed E-state index contributed by atoms with van der Waals surface area (Å²) in [5.41, 5.74) is 5.91. The van der Waals surface area contributed by atoms with E-state index in [9.17, 15) is 14.4 Å². The lowest BCUT2D eigenvalue weighted by molar-refractivity contribution is -0.138. The average molecular weight is 356 g/mol. The van der Waals surface area contributed by atoms with Crippen molar-refractivity contribution in [2.24, 2.45) is 5.73 Å². The first-order valence-corrected chi connectivity index (χ1v) is 7.11. The van der Waals surface area contributed by atoms with Crippen molar-refractivity contribution in [3.8, 4) is 0 Å². The molecular weight excluding hydrogens is 342 g/mol. The van der Waals surface area contributed by atoms with Gasteiger partial charge in [-0.2, -0.15) is 0 Å². The Hall–Kier alpha value is -1.93. The lowest BCUT2D eigenvalue weighted by Crippen LogP contribution is -2.30. The Morgan fingerprint density at radius 3 is 2.62 bits per heavy atom. The number of nitrogens with one attached hydrogen (secondary N) is 2. The van der Waals surface area contributed by atoms with E-state index in [2.05, 4.69) is 25.9 Å². The van der Waals surface area contributed by atoms with Gasteiger partial charge in [0.2, 0.25) is 0 Å².